The van der Waals surface area contributed by atoms with E-state index in [1.165, 1.54) is 12.1 Å². The summed E-state index contributed by atoms with van der Waals surface area (Å²) in [5.41, 5.74) is 2.50. The number of hydrogen-bond donors (Lipinski definition) is 1. The van der Waals surface area contributed by atoms with Crippen molar-refractivity contribution in [2.24, 2.45) is 0 Å². The number of urea groups is 1. The molecule has 1 aliphatic heterocycles. The summed E-state index contributed by atoms with van der Waals surface area (Å²) in [7, 11) is 0. The molecule has 3 amide bonds. The third kappa shape index (κ3) is 8.11. The van der Waals surface area contributed by atoms with Gasteiger partial charge >= 0.3 is 6.03 Å². The maximum absolute atomic E-state index is 13.6. The van der Waals surface area contributed by atoms with Crippen LogP contribution in [0.3, 0.4) is 0 Å². The van der Waals surface area contributed by atoms with Crippen LogP contribution in [0.5, 0.6) is 0 Å². The minimum Gasteiger partial charge on any atom is -0.379 e. The van der Waals surface area contributed by atoms with Crippen molar-refractivity contribution in [3.8, 4) is 0 Å². The van der Waals surface area contributed by atoms with Gasteiger partial charge in [0.1, 0.15) is 12.4 Å². The number of benzene rings is 2. The molecule has 196 valence electrons. The van der Waals surface area contributed by atoms with Crippen LogP contribution in [0.25, 0.3) is 0 Å². The van der Waals surface area contributed by atoms with Crippen LogP contribution in [0.1, 0.15) is 16.0 Å². The summed E-state index contributed by atoms with van der Waals surface area (Å²) in [6, 6.07) is 17.4. The van der Waals surface area contributed by atoms with Crippen LogP contribution in [0.2, 0.25) is 0 Å². The molecule has 2 heterocycles. The number of anilines is 1. The molecule has 4 rings (SSSR count). The molecule has 1 fully saturated rings. The lowest BCUT2D eigenvalue weighted by molar-refractivity contribution is -0.133. The van der Waals surface area contributed by atoms with Gasteiger partial charge in [0, 0.05) is 43.3 Å². The smallest absolute Gasteiger partial charge is 0.322 e. The van der Waals surface area contributed by atoms with Gasteiger partial charge in [0.05, 0.1) is 19.8 Å². The molecule has 1 aromatic heterocycles. The average Bonchev–Trinajstić information content (AvgIpc) is 3.42. The van der Waals surface area contributed by atoms with Crippen LogP contribution >= 0.6 is 11.3 Å². The molecule has 2 aromatic carbocycles. The van der Waals surface area contributed by atoms with Gasteiger partial charge in [-0.1, -0.05) is 36.4 Å². The van der Waals surface area contributed by atoms with Crippen LogP contribution < -0.4 is 5.32 Å². The Labute approximate surface area is 221 Å². The van der Waals surface area contributed by atoms with Crippen molar-refractivity contribution in [2.75, 3.05) is 51.3 Å². The van der Waals surface area contributed by atoms with Crippen LogP contribution in [0, 0.1) is 12.7 Å². The van der Waals surface area contributed by atoms with Gasteiger partial charge in [-0.2, -0.15) is 0 Å². The number of carbonyl (C=O) groups is 2. The molecule has 0 saturated carbocycles. The topological polar surface area (TPSA) is 65.1 Å². The fourth-order valence-corrected chi connectivity index (χ4v) is 4.86. The number of hydrogen-bond acceptors (Lipinski definition) is 5. The number of para-hydroxylation sites is 1. The number of morpholine rings is 1. The SMILES string of the molecule is Cc1ccccc1NC(=O)N(CCN1CCOCC1)CC(=O)N(Cc1ccc(F)cc1)Cc1cccs1. The Morgan fingerprint density at radius 1 is 1.00 bits per heavy atom. The third-order valence-electron chi connectivity index (χ3n) is 6.36. The second kappa shape index (κ2) is 13.3. The lowest BCUT2D eigenvalue weighted by atomic mass is 10.2. The molecule has 0 aliphatic carbocycles. The molecular formula is C28H33FN4O3S. The highest BCUT2D eigenvalue weighted by Gasteiger charge is 2.24. The van der Waals surface area contributed by atoms with Crippen molar-refractivity contribution in [2.45, 2.75) is 20.0 Å². The van der Waals surface area contributed by atoms with Gasteiger partial charge in [-0.15, -0.1) is 11.3 Å². The molecule has 3 aromatic rings. The average molecular weight is 525 g/mol. The van der Waals surface area contributed by atoms with Crippen molar-refractivity contribution in [1.29, 1.82) is 0 Å². The molecule has 0 spiro atoms. The Morgan fingerprint density at radius 3 is 2.46 bits per heavy atom. The van der Waals surface area contributed by atoms with Gasteiger partial charge in [0.15, 0.2) is 0 Å². The van der Waals surface area contributed by atoms with Gasteiger partial charge in [-0.05, 0) is 47.7 Å². The highest BCUT2D eigenvalue weighted by molar-refractivity contribution is 7.09. The number of ether oxygens (including phenoxy) is 1. The van der Waals surface area contributed by atoms with E-state index in [2.05, 4.69) is 10.2 Å². The van der Waals surface area contributed by atoms with E-state index in [1.54, 1.807) is 33.3 Å². The summed E-state index contributed by atoms with van der Waals surface area (Å²) in [5.74, 6) is -0.485. The van der Waals surface area contributed by atoms with E-state index >= 15 is 0 Å². The van der Waals surface area contributed by atoms with E-state index in [0.717, 1.165) is 34.8 Å². The Hall–Kier alpha value is -3.27. The van der Waals surface area contributed by atoms with E-state index in [1.807, 2.05) is 48.7 Å². The first-order valence-electron chi connectivity index (χ1n) is 12.4. The van der Waals surface area contributed by atoms with Crippen LogP contribution in [-0.4, -0.2) is 72.6 Å². The molecule has 0 radical (unpaired) electrons. The Kier molecular flexibility index (Phi) is 9.65. The fraction of sp³-hybridized carbons (Fsp3) is 0.357. The van der Waals surface area contributed by atoms with Crippen LogP contribution in [0.4, 0.5) is 14.9 Å². The van der Waals surface area contributed by atoms with Gasteiger partial charge in [-0.25, -0.2) is 9.18 Å². The molecule has 9 heteroatoms. The van der Waals surface area contributed by atoms with Crippen LogP contribution in [0.15, 0.2) is 66.0 Å². The lowest BCUT2D eigenvalue weighted by Crippen LogP contribution is -2.48. The predicted molar refractivity (Wildman–Crippen MR) is 144 cm³/mol. The molecule has 7 nitrogen and oxygen atoms in total. The minimum atomic E-state index is -0.318. The lowest BCUT2D eigenvalue weighted by Gasteiger charge is -2.31. The fourth-order valence-electron chi connectivity index (χ4n) is 4.14. The summed E-state index contributed by atoms with van der Waals surface area (Å²) >= 11 is 1.57. The quantitative estimate of drug-likeness (QED) is 0.421. The van der Waals surface area contributed by atoms with Crippen molar-refractivity contribution in [1.82, 2.24) is 14.7 Å². The number of amides is 3. The summed E-state index contributed by atoms with van der Waals surface area (Å²) in [4.78, 5) is 33.6. The van der Waals surface area contributed by atoms with Crippen molar-refractivity contribution < 1.29 is 18.7 Å². The molecule has 37 heavy (non-hydrogen) atoms. The molecule has 1 aliphatic rings. The predicted octanol–water partition coefficient (Wildman–Crippen LogP) is 4.59. The number of carbonyl (C=O) groups excluding carboxylic acids is 2. The molecule has 0 atom stereocenters. The zero-order valence-electron chi connectivity index (χ0n) is 21.1. The normalized spacial score (nSPS) is 13.8. The first-order chi connectivity index (χ1) is 18.0. The van der Waals surface area contributed by atoms with Crippen molar-refractivity contribution in [3.63, 3.8) is 0 Å². The van der Waals surface area contributed by atoms with Crippen molar-refractivity contribution >= 4 is 29.0 Å². The minimum absolute atomic E-state index is 0.0609. The van der Waals surface area contributed by atoms with E-state index < -0.39 is 0 Å². The standard InChI is InChI=1S/C28H33FN4O3S/c1-22-5-2-3-7-26(22)30-28(35)32(13-12-31-14-16-36-17-15-31)21-27(34)33(20-25-6-4-18-37-25)19-23-8-10-24(29)11-9-23/h2-11,18H,12-17,19-21H2,1H3,(H,30,35). The zero-order chi connectivity index (χ0) is 26.0. The summed E-state index contributed by atoms with van der Waals surface area (Å²) < 4.78 is 18.9. The van der Waals surface area contributed by atoms with Crippen LogP contribution in [-0.2, 0) is 22.6 Å². The van der Waals surface area contributed by atoms with E-state index in [4.69, 9.17) is 4.74 Å². The Morgan fingerprint density at radius 2 is 1.76 bits per heavy atom. The second-order valence-electron chi connectivity index (χ2n) is 9.08. The number of rotatable bonds is 10. The van der Waals surface area contributed by atoms with E-state index in [-0.39, 0.29) is 24.3 Å². The van der Waals surface area contributed by atoms with Gasteiger partial charge in [-0.3, -0.25) is 9.69 Å². The van der Waals surface area contributed by atoms with E-state index in [9.17, 15) is 14.0 Å². The number of aryl methyl sites for hydroxylation is 1. The molecule has 0 bridgehead atoms. The highest BCUT2D eigenvalue weighted by Crippen LogP contribution is 2.17. The number of halogens is 1. The molecule has 1 saturated heterocycles. The highest BCUT2D eigenvalue weighted by atomic mass is 32.1. The van der Waals surface area contributed by atoms with E-state index in [0.29, 0.717) is 39.4 Å². The molecule has 0 unspecified atom stereocenters. The summed E-state index contributed by atoms with van der Waals surface area (Å²) in [5, 5.41) is 4.95. The Balaban J connectivity index is 1.49. The van der Waals surface area contributed by atoms with Gasteiger partial charge in [0.2, 0.25) is 5.91 Å². The maximum Gasteiger partial charge on any atom is 0.322 e. The number of thiophene rings is 1. The van der Waals surface area contributed by atoms with Gasteiger partial charge < -0.3 is 19.9 Å². The first-order valence-corrected chi connectivity index (χ1v) is 13.3. The largest absolute Gasteiger partial charge is 0.379 e. The van der Waals surface area contributed by atoms with Crippen molar-refractivity contribution in [3.05, 3.63) is 87.9 Å². The first kappa shape index (κ1) is 26.8. The summed E-state index contributed by atoms with van der Waals surface area (Å²) in [6.45, 7) is 6.62. The monoisotopic (exact) mass is 524 g/mol. The number of nitrogens with one attached hydrogen (secondary N) is 1. The third-order valence-corrected chi connectivity index (χ3v) is 7.22. The molecule has 1 N–H and O–H groups in total. The summed E-state index contributed by atoms with van der Waals surface area (Å²) in [6.07, 6.45) is 0. The Bertz CT molecular complexity index is 1150. The zero-order valence-corrected chi connectivity index (χ0v) is 21.9. The maximum atomic E-state index is 13.6. The number of nitrogens with zero attached hydrogens (tertiary/aromatic N) is 3. The van der Waals surface area contributed by atoms with Gasteiger partial charge in [0.25, 0.3) is 0 Å². The second-order valence-corrected chi connectivity index (χ2v) is 10.1. The molecular weight excluding hydrogens is 491 g/mol.